The van der Waals surface area contributed by atoms with Gasteiger partial charge >= 0.3 is 0 Å². The van der Waals surface area contributed by atoms with E-state index in [-0.39, 0.29) is 17.5 Å². The minimum Gasteiger partial charge on any atom is -0.350 e. The smallest absolute Gasteiger partial charge is 0.237 e. The van der Waals surface area contributed by atoms with Crippen molar-refractivity contribution >= 4 is 5.91 Å². The van der Waals surface area contributed by atoms with Gasteiger partial charge in [0.2, 0.25) is 5.91 Å². The lowest BCUT2D eigenvalue weighted by Gasteiger charge is -2.30. The van der Waals surface area contributed by atoms with E-state index in [1.165, 1.54) is 32.1 Å². The first-order valence-electron chi connectivity index (χ1n) is 8.18. The molecular weight excluding hydrogens is 250 g/mol. The van der Waals surface area contributed by atoms with E-state index in [0.717, 1.165) is 6.54 Å². The van der Waals surface area contributed by atoms with E-state index in [2.05, 4.69) is 16.0 Å². The van der Waals surface area contributed by atoms with Crippen LogP contribution in [0.1, 0.15) is 59.8 Å². The van der Waals surface area contributed by atoms with Gasteiger partial charge in [-0.2, -0.15) is 0 Å². The van der Waals surface area contributed by atoms with Gasteiger partial charge in [0.15, 0.2) is 0 Å². The molecule has 0 aromatic rings. The molecule has 1 amide bonds. The van der Waals surface area contributed by atoms with Crippen molar-refractivity contribution in [2.45, 2.75) is 83.5 Å². The monoisotopic (exact) mass is 281 g/mol. The number of carbonyl (C=O) groups excluding carboxylic acids is 1. The maximum Gasteiger partial charge on any atom is 0.237 e. The molecule has 4 heteroatoms. The predicted molar refractivity (Wildman–Crippen MR) is 82.6 cm³/mol. The average Bonchev–Trinajstić information content (AvgIpc) is 2.95. The highest BCUT2D eigenvalue weighted by Crippen LogP contribution is 2.32. The molecule has 0 radical (unpaired) electrons. The predicted octanol–water partition coefficient (Wildman–Crippen LogP) is 1.80. The lowest BCUT2D eigenvalue weighted by Crippen LogP contribution is -2.53. The Kier molecular flexibility index (Phi) is 5.08. The second-order valence-corrected chi connectivity index (χ2v) is 7.53. The van der Waals surface area contributed by atoms with Crippen LogP contribution in [0.4, 0.5) is 0 Å². The number of hydrogen-bond acceptors (Lipinski definition) is 3. The summed E-state index contributed by atoms with van der Waals surface area (Å²) in [7, 11) is 0. The van der Waals surface area contributed by atoms with Crippen molar-refractivity contribution in [2.75, 3.05) is 6.54 Å². The molecule has 4 atom stereocenters. The molecule has 1 aliphatic carbocycles. The Balaban J connectivity index is 1.86. The fourth-order valence-electron chi connectivity index (χ4n) is 3.63. The van der Waals surface area contributed by atoms with Crippen LogP contribution in [0.5, 0.6) is 0 Å². The Morgan fingerprint density at radius 2 is 1.95 bits per heavy atom. The molecule has 0 aromatic heterocycles. The lowest BCUT2D eigenvalue weighted by molar-refractivity contribution is -0.124. The van der Waals surface area contributed by atoms with Crippen LogP contribution in [0.2, 0.25) is 0 Å². The zero-order valence-electron chi connectivity index (χ0n) is 13.5. The van der Waals surface area contributed by atoms with Gasteiger partial charge in [0.25, 0.3) is 0 Å². The summed E-state index contributed by atoms with van der Waals surface area (Å²) in [6, 6.07) is 1.04. The van der Waals surface area contributed by atoms with Gasteiger partial charge in [-0.15, -0.1) is 0 Å². The molecule has 1 saturated heterocycles. The number of carbonyl (C=O) groups is 1. The molecular formula is C16H31N3O. The van der Waals surface area contributed by atoms with Gasteiger partial charge in [0, 0.05) is 17.6 Å². The first kappa shape index (κ1) is 15.8. The van der Waals surface area contributed by atoms with Crippen molar-refractivity contribution < 1.29 is 4.79 Å². The maximum atomic E-state index is 12.2. The molecule has 2 rings (SSSR count). The molecule has 1 aliphatic heterocycles. The maximum absolute atomic E-state index is 12.2. The highest BCUT2D eigenvalue weighted by Gasteiger charge is 2.36. The zero-order chi connectivity index (χ0) is 14.8. The molecule has 20 heavy (non-hydrogen) atoms. The van der Waals surface area contributed by atoms with E-state index in [4.69, 9.17) is 0 Å². The quantitative estimate of drug-likeness (QED) is 0.736. The zero-order valence-corrected chi connectivity index (χ0v) is 13.5. The van der Waals surface area contributed by atoms with Crippen molar-refractivity contribution in [3.63, 3.8) is 0 Å². The van der Waals surface area contributed by atoms with Gasteiger partial charge in [-0.05, 0) is 65.8 Å². The molecule has 2 fully saturated rings. The number of hydrogen-bond donors (Lipinski definition) is 3. The summed E-state index contributed by atoms with van der Waals surface area (Å²) in [6.45, 7) is 9.22. The van der Waals surface area contributed by atoms with Crippen LogP contribution in [0, 0.1) is 5.92 Å². The molecule has 4 unspecified atom stereocenters. The summed E-state index contributed by atoms with van der Waals surface area (Å²) in [5.74, 6) is 0.810. The largest absolute Gasteiger partial charge is 0.350 e. The third kappa shape index (κ3) is 4.19. The van der Waals surface area contributed by atoms with Gasteiger partial charge in [-0.3, -0.25) is 4.79 Å². The summed E-state index contributed by atoms with van der Waals surface area (Å²) in [5.41, 5.74) is -0.158. The normalized spacial score (nSPS) is 32.3. The van der Waals surface area contributed by atoms with Crippen LogP contribution in [-0.2, 0) is 4.79 Å². The Hall–Kier alpha value is -0.610. The highest BCUT2D eigenvalue weighted by molar-refractivity contribution is 5.81. The molecule has 0 aromatic carbocycles. The van der Waals surface area contributed by atoms with Crippen molar-refractivity contribution in [3.8, 4) is 0 Å². The van der Waals surface area contributed by atoms with Crippen LogP contribution in [0.3, 0.4) is 0 Å². The van der Waals surface area contributed by atoms with Crippen molar-refractivity contribution in [3.05, 3.63) is 0 Å². The van der Waals surface area contributed by atoms with Gasteiger partial charge in [0.1, 0.15) is 0 Å². The SMILES string of the molecule is CC(NC1CCCC1C1CCCN1)C(=O)NC(C)(C)C. The Morgan fingerprint density at radius 3 is 2.55 bits per heavy atom. The summed E-state index contributed by atoms with van der Waals surface area (Å²) in [5, 5.41) is 10.3. The topological polar surface area (TPSA) is 53.2 Å². The summed E-state index contributed by atoms with van der Waals surface area (Å²) >= 11 is 0. The van der Waals surface area contributed by atoms with E-state index < -0.39 is 0 Å². The molecule has 3 N–H and O–H groups in total. The molecule has 1 saturated carbocycles. The van der Waals surface area contributed by atoms with Crippen LogP contribution in [0.25, 0.3) is 0 Å². The first-order valence-corrected chi connectivity index (χ1v) is 8.18. The van der Waals surface area contributed by atoms with Crippen LogP contribution in [0.15, 0.2) is 0 Å². The van der Waals surface area contributed by atoms with Gasteiger partial charge < -0.3 is 16.0 Å². The first-order chi connectivity index (χ1) is 9.37. The third-order valence-electron chi connectivity index (χ3n) is 4.54. The Labute approximate surface area is 123 Å². The van der Waals surface area contributed by atoms with Gasteiger partial charge in [-0.1, -0.05) is 6.42 Å². The van der Waals surface area contributed by atoms with E-state index in [0.29, 0.717) is 18.0 Å². The summed E-state index contributed by atoms with van der Waals surface area (Å²) < 4.78 is 0. The minimum atomic E-state index is -0.158. The molecule has 0 spiro atoms. The second-order valence-electron chi connectivity index (χ2n) is 7.53. The van der Waals surface area contributed by atoms with Crippen molar-refractivity contribution in [1.82, 2.24) is 16.0 Å². The molecule has 1 heterocycles. The van der Waals surface area contributed by atoms with E-state index in [1.54, 1.807) is 0 Å². The lowest BCUT2D eigenvalue weighted by atomic mass is 9.92. The van der Waals surface area contributed by atoms with E-state index in [9.17, 15) is 4.79 Å². The van der Waals surface area contributed by atoms with Crippen LogP contribution < -0.4 is 16.0 Å². The number of amides is 1. The van der Waals surface area contributed by atoms with Crippen molar-refractivity contribution in [1.29, 1.82) is 0 Å². The van der Waals surface area contributed by atoms with Crippen LogP contribution in [-0.4, -0.2) is 36.1 Å². The minimum absolute atomic E-state index is 0.110. The average molecular weight is 281 g/mol. The summed E-state index contributed by atoms with van der Waals surface area (Å²) in [4.78, 5) is 12.2. The second kappa shape index (κ2) is 6.44. The third-order valence-corrected chi connectivity index (χ3v) is 4.54. The van der Waals surface area contributed by atoms with Crippen molar-refractivity contribution in [2.24, 2.45) is 5.92 Å². The summed E-state index contributed by atoms with van der Waals surface area (Å²) in [6.07, 6.45) is 6.38. The molecule has 0 bridgehead atoms. The molecule has 4 nitrogen and oxygen atoms in total. The van der Waals surface area contributed by atoms with E-state index >= 15 is 0 Å². The highest BCUT2D eigenvalue weighted by atomic mass is 16.2. The number of nitrogens with one attached hydrogen (secondary N) is 3. The van der Waals surface area contributed by atoms with Crippen LogP contribution >= 0.6 is 0 Å². The molecule has 116 valence electrons. The molecule has 2 aliphatic rings. The van der Waals surface area contributed by atoms with Gasteiger partial charge in [0.05, 0.1) is 6.04 Å². The fourth-order valence-corrected chi connectivity index (χ4v) is 3.63. The number of rotatable bonds is 4. The standard InChI is InChI=1S/C16H31N3O/c1-11(15(20)19-16(2,3)4)18-14-8-5-7-12(14)13-9-6-10-17-13/h11-14,17-18H,5-10H2,1-4H3,(H,19,20). The Morgan fingerprint density at radius 1 is 1.20 bits per heavy atom. The Bertz CT molecular complexity index is 331. The fraction of sp³-hybridized carbons (Fsp3) is 0.938. The van der Waals surface area contributed by atoms with E-state index in [1.807, 2.05) is 27.7 Å². The van der Waals surface area contributed by atoms with Gasteiger partial charge in [-0.25, -0.2) is 0 Å².